The van der Waals surface area contributed by atoms with Crippen LogP contribution in [0.2, 0.25) is 0 Å². The number of benzene rings is 1. The lowest BCUT2D eigenvalue weighted by molar-refractivity contribution is 0.0632. The summed E-state index contributed by atoms with van der Waals surface area (Å²) in [4.78, 5) is 3.87. The average Bonchev–Trinajstić information content (AvgIpc) is 3.11. The van der Waals surface area contributed by atoms with E-state index in [1.54, 1.807) is 12.1 Å². The smallest absolute Gasteiger partial charge is 0.320 e. The first-order valence-electron chi connectivity index (χ1n) is 6.55. The number of likely N-dealkylation sites (N-methyl/N-ethyl adjacent to an activating group) is 1. The molecule has 112 valence electrons. The van der Waals surface area contributed by atoms with Gasteiger partial charge in [-0.25, -0.2) is 4.98 Å². The Labute approximate surface area is 120 Å². The van der Waals surface area contributed by atoms with Crippen LogP contribution < -0.4 is 14.8 Å². The average molecular weight is 295 g/mol. The van der Waals surface area contributed by atoms with Crippen LogP contribution in [0.25, 0.3) is 0 Å². The number of ether oxygens (including phenoxy) is 2. The molecule has 0 saturated heterocycles. The SMILES string of the molecule is CNC1COc2cc(OCc3nccn3C(F)F)ccc21. The molecule has 5 nitrogen and oxygen atoms in total. The van der Waals surface area contributed by atoms with Gasteiger partial charge in [-0.2, -0.15) is 8.78 Å². The molecule has 2 aromatic rings. The van der Waals surface area contributed by atoms with E-state index in [2.05, 4.69) is 10.3 Å². The molecule has 1 aliphatic heterocycles. The molecular formula is C14H15F2N3O2. The van der Waals surface area contributed by atoms with E-state index in [-0.39, 0.29) is 18.5 Å². The van der Waals surface area contributed by atoms with Gasteiger partial charge in [-0.15, -0.1) is 0 Å². The van der Waals surface area contributed by atoms with Crippen LogP contribution in [0.15, 0.2) is 30.6 Å². The molecule has 0 fully saturated rings. The van der Waals surface area contributed by atoms with Gasteiger partial charge in [-0.1, -0.05) is 0 Å². The molecule has 2 heterocycles. The third-order valence-electron chi connectivity index (χ3n) is 3.44. The maximum atomic E-state index is 12.7. The molecule has 3 rings (SSSR count). The second-order valence-electron chi connectivity index (χ2n) is 4.67. The van der Waals surface area contributed by atoms with Gasteiger partial charge in [0.05, 0.1) is 6.04 Å². The van der Waals surface area contributed by atoms with Crippen molar-refractivity contribution >= 4 is 0 Å². The van der Waals surface area contributed by atoms with Crippen molar-refractivity contribution in [1.82, 2.24) is 14.9 Å². The zero-order valence-electron chi connectivity index (χ0n) is 11.4. The van der Waals surface area contributed by atoms with Crippen molar-refractivity contribution in [2.75, 3.05) is 13.7 Å². The monoisotopic (exact) mass is 295 g/mol. The predicted octanol–water partition coefficient (Wildman–Crippen LogP) is 2.51. The van der Waals surface area contributed by atoms with Gasteiger partial charge < -0.3 is 14.8 Å². The highest BCUT2D eigenvalue weighted by Crippen LogP contribution is 2.35. The van der Waals surface area contributed by atoms with Crippen LogP contribution in [-0.4, -0.2) is 23.2 Å². The lowest BCUT2D eigenvalue weighted by Crippen LogP contribution is -2.17. The Morgan fingerprint density at radius 3 is 3.14 bits per heavy atom. The summed E-state index contributed by atoms with van der Waals surface area (Å²) in [6.45, 7) is -2.07. The molecule has 1 aromatic heterocycles. The molecule has 21 heavy (non-hydrogen) atoms. The summed E-state index contributed by atoms with van der Waals surface area (Å²) in [5, 5.41) is 3.15. The Hall–Kier alpha value is -2.15. The molecule has 1 aliphatic rings. The van der Waals surface area contributed by atoms with Gasteiger partial charge in [0, 0.05) is 24.0 Å². The lowest BCUT2D eigenvalue weighted by Gasteiger charge is -2.10. The highest BCUT2D eigenvalue weighted by Gasteiger charge is 2.23. The van der Waals surface area contributed by atoms with Crippen LogP contribution in [0.5, 0.6) is 11.5 Å². The van der Waals surface area contributed by atoms with E-state index in [9.17, 15) is 8.78 Å². The zero-order chi connectivity index (χ0) is 14.8. The number of rotatable bonds is 5. The fourth-order valence-corrected chi connectivity index (χ4v) is 2.30. The molecule has 0 aliphatic carbocycles. The summed E-state index contributed by atoms with van der Waals surface area (Å²) in [6.07, 6.45) is 2.56. The molecule has 0 spiro atoms. The Balaban J connectivity index is 1.70. The second-order valence-corrected chi connectivity index (χ2v) is 4.67. The minimum Gasteiger partial charge on any atom is -0.491 e. The minimum atomic E-state index is -2.62. The fourth-order valence-electron chi connectivity index (χ4n) is 2.30. The first-order chi connectivity index (χ1) is 10.2. The topological polar surface area (TPSA) is 48.3 Å². The van der Waals surface area contributed by atoms with E-state index >= 15 is 0 Å². The molecule has 0 radical (unpaired) electrons. The number of fused-ring (bicyclic) bond motifs is 1. The number of hydrogen-bond acceptors (Lipinski definition) is 4. The number of hydrogen-bond donors (Lipinski definition) is 1. The molecule has 0 saturated carbocycles. The first-order valence-corrected chi connectivity index (χ1v) is 6.55. The van der Waals surface area contributed by atoms with Crippen LogP contribution in [0.3, 0.4) is 0 Å². The molecule has 0 bridgehead atoms. The fraction of sp³-hybridized carbons (Fsp3) is 0.357. The molecule has 0 amide bonds. The highest BCUT2D eigenvalue weighted by atomic mass is 19.3. The van der Waals surface area contributed by atoms with Gasteiger partial charge in [0.15, 0.2) is 5.82 Å². The Morgan fingerprint density at radius 1 is 1.52 bits per heavy atom. The normalized spacial score (nSPS) is 16.9. The number of nitrogens with one attached hydrogen (secondary N) is 1. The molecule has 1 N–H and O–H groups in total. The maximum absolute atomic E-state index is 12.7. The Bertz CT molecular complexity index is 630. The highest BCUT2D eigenvalue weighted by molar-refractivity contribution is 5.45. The van der Waals surface area contributed by atoms with Crippen molar-refractivity contribution < 1.29 is 18.3 Å². The number of nitrogens with zero attached hydrogens (tertiary/aromatic N) is 2. The van der Waals surface area contributed by atoms with Crippen molar-refractivity contribution in [3.8, 4) is 11.5 Å². The van der Waals surface area contributed by atoms with E-state index in [0.29, 0.717) is 12.4 Å². The Morgan fingerprint density at radius 2 is 2.38 bits per heavy atom. The van der Waals surface area contributed by atoms with Crippen LogP contribution in [0, 0.1) is 0 Å². The third kappa shape index (κ3) is 2.69. The first kappa shape index (κ1) is 13.8. The standard InChI is InChI=1S/C14H15F2N3O2/c1-17-11-7-21-12-6-9(2-3-10(11)12)20-8-13-18-4-5-19(13)14(15)16/h2-6,11,14,17H,7-8H2,1H3. The Kier molecular flexibility index (Phi) is 3.74. The second kappa shape index (κ2) is 5.69. The van der Waals surface area contributed by atoms with Crippen molar-refractivity contribution in [2.45, 2.75) is 19.2 Å². The molecule has 1 aromatic carbocycles. The van der Waals surface area contributed by atoms with Crippen LogP contribution >= 0.6 is 0 Å². The van der Waals surface area contributed by atoms with Crippen LogP contribution in [0.4, 0.5) is 8.78 Å². The van der Waals surface area contributed by atoms with E-state index in [1.165, 1.54) is 12.4 Å². The number of alkyl halides is 2. The summed E-state index contributed by atoms with van der Waals surface area (Å²) in [6, 6.07) is 5.65. The predicted molar refractivity (Wildman–Crippen MR) is 71.5 cm³/mol. The lowest BCUT2D eigenvalue weighted by atomic mass is 10.1. The molecular weight excluding hydrogens is 280 g/mol. The molecule has 1 unspecified atom stereocenters. The molecule has 1 atom stereocenters. The van der Waals surface area contributed by atoms with Gasteiger partial charge in [0.1, 0.15) is 24.7 Å². The quantitative estimate of drug-likeness (QED) is 0.921. The number of aromatic nitrogens is 2. The third-order valence-corrected chi connectivity index (χ3v) is 3.44. The number of halogens is 2. The van der Waals surface area contributed by atoms with Crippen molar-refractivity contribution in [1.29, 1.82) is 0 Å². The van der Waals surface area contributed by atoms with Gasteiger partial charge in [-0.05, 0) is 19.2 Å². The van der Waals surface area contributed by atoms with E-state index in [4.69, 9.17) is 9.47 Å². The van der Waals surface area contributed by atoms with Crippen molar-refractivity contribution in [3.05, 3.63) is 42.0 Å². The number of imidazole rings is 1. The van der Waals surface area contributed by atoms with Gasteiger partial charge in [0.2, 0.25) is 0 Å². The summed E-state index contributed by atoms with van der Waals surface area (Å²) in [5.74, 6) is 1.50. The summed E-state index contributed by atoms with van der Waals surface area (Å²) in [5.41, 5.74) is 1.07. The van der Waals surface area contributed by atoms with Gasteiger partial charge in [0.25, 0.3) is 0 Å². The summed E-state index contributed by atoms with van der Waals surface area (Å²) >= 11 is 0. The van der Waals surface area contributed by atoms with E-state index in [0.717, 1.165) is 15.9 Å². The maximum Gasteiger partial charge on any atom is 0.320 e. The van der Waals surface area contributed by atoms with Crippen LogP contribution in [0.1, 0.15) is 24.0 Å². The van der Waals surface area contributed by atoms with E-state index < -0.39 is 6.55 Å². The summed E-state index contributed by atoms with van der Waals surface area (Å²) in [7, 11) is 1.87. The molecule has 7 heteroatoms. The minimum absolute atomic E-state index is 0.0222. The van der Waals surface area contributed by atoms with Gasteiger partial charge in [-0.3, -0.25) is 4.57 Å². The largest absolute Gasteiger partial charge is 0.491 e. The summed E-state index contributed by atoms with van der Waals surface area (Å²) < 4.78 is 37.2. The van der Waals surface area contributed by atoms with Crippen molar-refractivity contribution in [3.63, 3.8) is 0 Å². The van der Waals surface area contributed by atoms with Crippen LogP contribution in [-0.2, 0) is 6.61 Å². The van der Waals surface area contributed by atoms with Crippen molar-refractivity contribution in [2.24, 2.45) is 0 Å². The van der Waals surface area contributed by atoms with E-state index in [1.807, 2.05) is 13.1 Å². The van der Waals surface area contributed by atoms with Gasteiger partial charge >= 0.3 is 6.55 Å². The zero-order valence-corrected chi connectivity index (χ0v) is 11.4.